The molecule has 1 aromatic carbocycles. The maximum atomic E-state index is 10.9. The lowest BCUT2D eigenvalue weighted by Crippen LogP contribution is -1.95. The molecule has 0 fully saturated rings. The Bertz CT molecular complexity index is 510. The van der Waals surface area contributed by atoms with E-state index < -0.39 is 0 Å². The molecule has 1 heterocycles. The van der Waals surface area contributed by atoms with E-state index in [1.54, 1.807) is 0 Å². The Morgan fingerprint density at radius 3 is 2.88 bits per heavy atom. The third-order valence-electron chi connectivity index (χ3n) is 2.75. The number of fused-ring (bicyclic) bond motifs is 1. The van der Waals surface area contributed by atoms with E-state index in [1.807, 2.05) is 30.5 Å². The average molecular weight is 213 g/mol. The molecule has 1 aromatic heterocycles. The van der Waals surface area contributed by atoms with Crippen LogP contribution in [-0.2, 0) is 6.54 Å². The molecule has 82 valence electrons. The minimum absolute atomic E-state index is 0.772. The minimum atomic E-state index is 0.772. The van der Waals surface area contributed by atoms with Gasteiger partial charge < -0.3 is 4.57 Å². The summed E-state index contributed by atoms with van der Waals surface area (Å²) in [5.41, 5.74) is 1.91. The molecule has 0 radical (unpaired) electrons. The summed E-state index contributed by atoms with van der Waals surface area (Å²) < 4.78 is 2.14. The number of hydrogen-bond donors (Lipinski definition) is 0. The van der Waals surface area contributed by atoms with Gasteiger partial charge in [0.25, 0.3) is 0 Å². The maximum absolute atomic E-state index is 10.9. The molecule has 0 atom stereocenters. The molecule has 0 N–H and O–H groups in total. The molecule has 0 unspecified atom stereocenters. The third kappa shape index (κ3) is 1.91. The van der Waals surface area contributed by atoms with Crippen LogP contribution in [0.1, 0.15) is 23.2 Å². The molecule has 16 heavy (non-hydrogen) atoms. The molecule has 0 aliphatic carbocycles. The summed E-state index contributed by atoms with van der Waals surface area (Å²) >= 11 is 0. The summed E-state index contributed by atoms with van der Waals surface area (Å²) in [5.74, 6) is 0. The van der Waals surface area contributed by atoms with Gasteiger partial charge in [-0.05, 0) is 18.9 Å². The van der Waals surface area contributed by atoms with E-state index in [-0.39, 0.29) is 0 Å². The van der Waals surface area contributed by atoms with E-state index in [4.69, 9.17) is 0 Å². The fraction of sp³-hybridized carbons (Fsp3) is 0.214. The van der Waals surface area contributed by atoms with Crippen LogP contribution in [0.3, 0.4) is 0 Å². The van der Waals surface area contributed by atoms with E-state index in [0.717, 1.165) is 42.1 Å². The number of carbonyl (C=O) groups excluding carboxylic acids is 1. The van der Waals surface area contributed by atoms with Crippen molar-refractivity contribution in [1.82, 2.24) is 4.57 Å². The standard InChI is InChI=1S/C14H15NO/c1-2-3-6-9-15-10-12(11-16)13-7-4-5-8-14(13)15/h2,4-5,7-8,10-11H,1,3,6,9H2. The Kier molecular flexibility index (Phi) is 3.20. The molecule has 2 aromatic rings. The molecule has 0 spiro atoms. The normalized spacial score (nSPS) is 10.5. The molecule has 2 nitrogen and oxygen atoms in total. The summed E-state index contributed by atoms with van der Waals surface area (Å²) in [6, 6.07) is 8.00. The first-order chi connectivity index (χ1) is 7.86. The van der Waals surface area contributed by atoms with Crippen molar-refractivity contribution in [2.24, 2.45) is 0 Å². The molecule has 2 rings (SSSR count). The van der Waals surface area contributed by atoms with E-state index in [1.165, 1.54) is 0 Å². The van der Waals surface area contributed by atoms with Gasteiger partial charge in [0.1, 0.15) is 0 Å². The van der Waals surface area contributed by atoms with Crippen LogP contribution in [0, 0.1) is 0 Å². The van der Waals surface area contributed by atoms with Gasteiger partial charge in [-0.1, -0.05) is 24.3 Å². The fourth-order valence-corrected chi connectivity index (χ4v) is 1.96. The predicted molar refractivity (Wildman–Crippen MR) is 66.8 cm³/mol. The second-order valence-corrected chi connectivity index (χ2v) is 3.84. The number of carbonyl (C=O) groups is 1. The van der Waals surface area contributed by atoms with Crippen LogP contribution in [0.5, 0.6) is 0 Å². The zero-order valence-corrected chi connectivity index (χ0v) is 9.23. The van der Waals surface area contributed by atoms with Crippen molar-refractivity contribution in [1.29, 1.82) is 0 Å². The summed E-state index contributed by atoms with van der Waals surface area (Å²) in [6.45, 7) is 4.64. The van der Waals surface area contributed by atoms with Gasteiger partial charge in [0.15, 0.2) is 6.29 Å². The van der Waals surface area contributed by atoms with Crippen molar-refractivity contribution >= 4 is 17.2 Å². The van der Waals surface area contributed by atoms with E-state index in [9.17, 15) is 4.79 Å². The number of rotatable bonds is 5. The van der Waals surface area contributed by atoms with Crippen molar-refractivity contribution in [3.05, 3.63) is 48.7 Å². The van der Waals surface area contributed by atoms with Gasteiger partial charge in [-0.25, -0.2) is 0 Å². The molecule has 0 bridgehead atoms. The summed E-state index contributed by atoms with van der Waals surface area (Å²) in [5, 5.41) is 1.04. The van der Waals surface area contributed by atoms with E-state index >= 15 is 0 Å². The van der Waals surface area contributed by atoms with Crippen LogP contribution < -0.4 is 0 Å². The highest BCUT2D eigenvalue weighted by atomic mass is 16.1. The second-order valence-electron chi connectivity index (χ2n) is 3.84. The number of hydrogen-bond acceptors (Lipinski definition) is 1. The van der Waals surface area contributed by atoms with Gasteiger partial charge >= 0.3 is 0 Å². The Morgan fingerprint density at radius 2 is 2.12 bits per heavy atom. The minimum Gasteiger partial charge on any atom is -0.347 e. The lowest BCUT2D eigenvalue weighted by atomic mass is 10.2. The van der Waals surface area contributed by atoms with Gasteiger partial charge in [0, 0.05) is 29.2 Å². The fourth-order valence-electron chi connectivity index (χ4n) is 1.96. The average Bonchev–Trinajstić information content (AvgIpc) is 2.68. The SMILES string of the molecule is C=CCCCn1cc(C=O)c2ccccc21. The Labute approximate surface area is 95.2 Å². The molecule has 0 aliphatic heterocycles. The van der Waals surface area contributed by atoms with Crippen molar-refractivity contribution < 1.29 is 4.79 Å². The molecule has 0 amide bonds. The lowest BCUT2D eigenvalue weighted by Gasteiger charge is -2.03. The predicted octanol–water partition coefficient (Wildman–Crippen LogP) is 3.42. The number of aldehydes is 1. The summed E-state index contributed by atoms with van der Waals surface area (Å²) in [7, 11) is 0. The number of nitrogens with zero attached hydrogens (tertiary/aromatic N) is 1. The van der Waals surface area contributed by atoms with Crippen molar-refractivity contribution in [3.63, 3.8) is 0 Å². The van der Waals surface area contributed by atoms with Crippen molar-refractivity contribution in [2.75, 3.05) is 0 Å². The lowest BCUT2D eigenvalue weighted by molar-refractivity contribution is 0.112. The first-order valence-electron chi connectivity index (χ1n) is 5.50. The molecule has 0 aliphatic rings. The van der Waals surface area contributed by atoms with Gasteiger partial charge in [0.2, 0.25) is 0 Å². The highest BCUT2D eigenvalue weighted by Gasteiger charge is 2.05. The molecular weight excluding hydrogens is 198 g/mol. The van der Waals surface area contributed by atoms with Crippen molar-refractivity contribution in [2.45, 2.75) is 19.4 Å². The molecule has 0 saturated heterocycles. The van der Waals surface area contributed by atoms with Crippen LogP contribution in [0.25, 0.3) is 10.9 Å². The first-order valence-corrected chi connectivity index (χ1v) is 5.50. The van der Waals surface area contributed by atoms with Crippen LogP contribution in [0.4, 0.5) is 0 Å². The van der Waals surface area contributed by atoms with E-state index in [2.05, 4.69) is 17.2 Å². The van der Waals surface area contributed by atoms with E-state index in [0.29, 0.717) is 0 Å². The summed E-state index contributed by atoms with van der Waals surface area (Å²) in [4.78, 5) is 10.9. The van der Waals surface area contributed by atoms with Crippen LogP contribution in [-0.4, -0.2) is 10.9 Å². The molecule has 2 heteroatoms. The summed E-state index contributed by atoms with van der Waals surface area (Å²) in [6.07, 6.45) is 6.84. The smallest absolute Gasteiger partial charge is 0.152 e. The molecular formula is C14H15NO. The topological polar surface area (TPSA) is 22.0 Å². The highest BCUT2D eigenvalue weighted by Crippen LogP contribution is 2.20. The Hall–Kier alpha value is -1.83. The van der Waals surface area contributed by atoms with Gasteiger partial charge in [-0.2, -0.15) is 0 Å². The number of para-hydroxylation sites is 1. The second kappa shape index (κ2) is 4.79. The quantitative estimate of drug-likeness (QED) is 0.424. The van der Waals surface area contributed by atoms with Crippen molar-refractivity contribution in [3.8, 4) is 0 Å². The zero-order chi connectivity index (χ0) is 11.4. The Balaban J connectivity index is 2.37. The zero-order valence-electron chi connectivity index (χ0n) is 9.23. The number of benzene rings is 1. The number of aromatic nitrogens is 1. The largest absolute Gasteiger partial charge is 0.347 e. The van der Waals surface area contributed by atoms with Gasteiger partial charge in [0.05, 0.1) is 0 Å². The number of aryl methyl sites for hydroxylation is 1. The maximum Gasteiger partial charge on any atom is 0.152 e. The van der Waals surface area contributed by atoms with Crippen LogP contribution >= 0.6 is 0 Å². The Morgan fingerprint density at radius 1 is 1.31 bits per heavy atom. The highest BCUT2D eigenvalue weighted by molar-refractivity contribution is 5.97. The van der Waals surface area contributed by atoms with Crippen LogP contribution in [0.2, 0.25) is 0 Å². The third-order valence-corrected chi connectivity index (χ3v) is 2.75. The number of unbranched alkanes of at least 4 members (excludes halogenated alkanes) is 1. The number of allylic oxidation sites excluding steroid dienone is 1. The first kappa shape index (κ1) is 10.7. The van der Waals surface area contributed by atoms with Gasteiger partial charge in [-0.3, -0.25) is 4.79 Å². The van der Waals surface area contributed by atoms with Gasteiger partial charge in [-0.15, -0.1) is 6.58 Å². The van der Waals surface area contributed by atoms with Crippen LogP contribution in [0.15, 0.2) is 43.1 Å². The molecule has 0 saturated carbocycles. The monoisotopic (exact) mass is 213 g/mol.